The highest BCUT2D eigenvalue weighted by atomic mass is 32.1. The zero-order chi connectivity index (χ0) is 19.3. The highest BCUT2D eigenvalue weighted by Crippen LogP contribution is 2.22. The number of nitrogens with one attached hydrogen (secondary N) is 1. The molecule has 0 bridgehead atoms. The fourth-order valence-electron chi connectivity index (χ4n) is 2.81. The van der Waals surface area contributed by atoms with Gasteiger partial charge in [-0.1, -0.05) is 6.92 Å². The summed E-state index contributed by atoms with van der Waals surface area (Å²) < 4.78 is 5.43. The molecule has 1 aliphatic heterocycles. The lowest BCUT2D eigenvalue weighted by Gasteiger charge is -2.26. The second kappa shape index (κ2) is 8.81. The van der Waals surface area contributed by atoms with Crippen molar-refractivity contribution < 1.29 is 14.3 Å². The molecule has 2 heterocycles. The maximum Gasteiger partial charge on any atom is 0.410 e. The topological polar surface area (TPSA) is 74.8 Å². The number of nitrogens with zero attached hydrogens (tertiary/aromatic N) is 3. The molecule has 1 N–H and O–H groups in total. The third-order valence-corrected chi connectivity index (χ3v) is 5.01. The first-order chi connectivity index (χ1) is 12.2. The largest absolute Gasteiger partial charge is 0.444 e. The van der Waals surface area contributed by atoms with Gasteiger partial charge in [0.25, 0.3) is 0 Å². The number of carbonyl (C=O) groups is 2. The van der Waals surface area contributed by atoms with Crippen LogP contribution in [0, 0.1) is 6.92 Å². The SMILES string of the molecule is CCc1nc(NC(=O)CN2CCCN(C(=O)OC(C)(C)C)CC2)sc1C. The highest BCUT2D eigenvalue weighted by molar-refractivity contribution is 7.15. The molecule has 7 nitrogen and oxygen atoms in total. The molecular formula is C18H30N4O3S. The Bertz CT molecular complexity index is 639. The van der Waals surface area contributed by atoms with Crippen LogP contribution < -0.4 is 5.32 Å². The van der Waals surface area contributed by atoms with Crippen molar-refractivity contribution in [3.8, 4) is 0 Å². The molecule has 0 atom stereocenters. The van der Waals surface area contributed by atoms with E-state index >= 15 is 0 Å². The van der Waals surface area contributed by atoms with Crippen molar-refractivity contribution in [2.45, 2.75) is 53.1 Å². The molecule has 0 aliphatic carbocycles. The van der Waals surface area contributed by atoms with Crippen LogP contribution in [0.15, 0.2) is 0 Å². The number of ether oxygens (including phenoxy) is 1. The number of anilines is 1. The standard InChI is InChI=1S/C18H30N4O3S/c1-6-14-13(2)26-16(19-14)20-15(23)12-21-8-7-9-22(11-10-21)17(24)25-18(3,4)5/h6-12H2,1-5H3,(H,19,20,23). The quantitative estimate of drug-likeness (QED) is 0.867. The molecule has 8 heteroatoms. The van der Waals surface area contributed by atoms with Gasteiger partial charge in [-0.2, -0.15) is 0 Å². The Hall–Kier alpha value is -1.67. The lowest BCUT2D eigenvalue weighted by atomic mass is 10.2. The van der Waals surface area contributed by atoms with Crippen LogP contribution in [-0.2, 0) is 16.0 Å². The van der Waals surface area contributed by atoms with E-state index in [0.29, 0.717) is 31.3 Å². The lowest BCUT2D eigenvalue weighted by molar-refractivity contribution is -0.117. The number of hydrogen-bond acceptors (Lipinski definition) is 6. The van der Waals surface area contributed by atoms with Crippen molar-refractivity contribution in [1.82, 2.24) is 14.8 Å². The van der Waals surface area contributed by atoms with Crippen molar-refractivity contribution in [1.29, 1.82) is 0 Å². The van der Waals surface area contributed by atoms with E-state index in [-0.39, 0.29) is 12.0 Å². The van der Waals surface area contributed by atoms with E-state index in [9.17, 15) is 9.59 Å². The Balaban J connectivity index is 1.83. The average Bonchev–Trinajstić information content (AvgIpc) is 2.72. The van der Waals surface area contributed by atoms with Crippen molar-refractivity contribution >= 4 is 28.5 Å². The molecule has 1 aliphatic rings. The second-order valence-corrected chi connectivity index (χ2v) is 8.72. The summed E-state index contributed by atoms with van der Waals surface area (Å²) in [6, 6.07) is 0. The summed E-state index contributed by atoms with van der Waals surface area (Å²) in [5.74, 6) is -0.0629. The predicted octanol–water partition coefficient (Wildman–Crippen LogP) is 2.90. The van der Waals surface area contributed by atoms with Crippen LogP contribution in [0.25, 0.3) is 0 Å². The Kier molecular flexibility index (Phi) is 7.00. The van der Waals surface area contributed by atoms with Gasteiger partial charge in [0.2, 0.25) is 5.91 Å². The zero-order valence-corrected chi connectivity index (χ0v) is 17.2. The van der Waals surface area contributed by atoms with Crippen molar-refractivity contribution in [2.24, 2.45) is 0 Å². The van der Waals surface area contributed by atoms with Gasteiger partial charge >= 0.3 is 6.09 Å². The minimum Gasteiger partial charge on any atom is -0.444 e. The molecule has 26 heavy (non-hydrogen) atoms. The molecule has 1 fully saturated rings. The van der Waals surface area contributed by atoms with Gasteiger partial charge in [-0.15, -0.1) is 11.3 Å². The van der Waals surface area contributed by atoms with Crippen molar-refractivity contribution in [3.05, 3.63) is 10.6 Å². The minimum atomic E-state index is -0.494. The van der Waals surface area contributed by atoms with Crippen LogP contribution in [-0.4, -0.2) is 65.1 Å². The lowest BCUT2D eigenvalue weighted by Crippen LogP contribution is -2.40. The van der Waals surface area contributed by atoms with E-state index < -0.39 is 5.60 Å². The van der Waals surface area contributed by atoms with Crippen LogP contribution in [0.2, 0.25) is 0 Å². The van der Waals surface area contributed by atoms with E-state index in [0.717, 1.165) is 30.0 Å². The monoisotopic (exact) mass is 382 g/mol. The third-order valence-electron chi connectivity index (χ3n) is 4.08. The number of hydrogen-bond donors (Lipinski definition) is 1. The molecule has 2 amide bonds. The van der Waals surface area contributed by atoms with Crippen LogP contribution in [0.1, 0.15) is 44.7 Å². The summed E-state index contributed by atoms with van der Waals surface area (Å²) in [6.45, 7) is 12.6. The number of thiazole rings is 1. The van der Waals surface area contributed by atoms with Crippen LogP contribution >= 0.6 is 11.3 Å². The van der Waals surface area contributed by atoms with Crippen LogP contribution in [0.3, 0.4) is 0 Å². The van der Waals surface area contributed by atoms with Crippen LogP contribution in [0.4, 0.5) is 9.93 Å². The van der Waals surface area contributed by atoms with Gasteiger partial charge in [-0.25, -0.2) is 9.78 Å². The molecule has 1 aromatic rings. The van der Waals surface area contributed by atoms with E-state index in [1.54, 1.807) is 4.90 Å². The number of aromatic nitrogens is 1. The molecule has 0 unspecified atom stereocenters. The fraction of sp³-hybridized carbons (Fsp3) is 0.722. The Morgan fingerprint density at radius 2 is 1.96 bits per heavy atom. The average molecular weight is 383 g/mol. The van der Waals surface area contributed by atoms with Gasteiger partial charge in [-0.3, -0.25) is 9.69 Å². The first-order valence-electron chi connectivity index (χ1n) is 9.14. The maximum atomic E-state index is 12.3. The molecule has 1 aromatic heterocycles. The summed E-state index contributed by atoms with van der Waals surface area (Å²) in [7, 11) is 0. The molecule has 0 saturated carbocycles. The van der Waals surface area contributed by atoms with Gasteiger partial charge in [0.05, 0.1) is 12.2 Å². The van der Waals surface area contributed by atoms with Gasteiger partial charge in [0.1, 0.15) is 5.60 Å². The van der Waals surface area contributed by atoms with Crippen molar-refractivity contribution in [3.63, 3.8) is 0 Å². The Labute approximate surface area is 159 Å². The normalized spacial score (nSPS) is 16.3. The number of rotatable bonds is 4. The maximum absolute atomic E-state index is 12.3. The smallest absolute Gasteiger partial charge is 0.410 e. The summed E-state index contributed by atoms with van der Waals surface area (Å²) >= 11 is 1.51. The highest BCUT2D eigenvalue weighted by Gasteiger charge is 2.25. The van der Waals surface area contributed by atoms with E-state index in [4.69, 9.17) is 4.74 Å². The second-order valence-electron chi connectivity index (χ2n) is 7.52. The van der Waals surface area contributed by atoms with Gasteiger partial charge < -0.3 is 15.0 Å². The van der Waals surface area contributed by atoms with E-state index in [1.807, 2.05) is 27.7 Å². The summed E-state index contributed by atoms with van der Waals surface area (Å²) in [5.41, 5.74) is 0.541. The number of aryl methyl sites for hydroxylation is 2. The summed E-state index contributed by atoms with van der Waals surface area (Å²) in [4.78, 5) is 33.9. The molecule has 0 aromatic carbocycles. The molecule has 0 radical (unpaired) electrons. The molecule has 2 rings (SSSR count). The van der Waals surface area contributed by atoms with E-state index in [2.05, 4.69) is 22.1 Å². The minimum absolute atomic E-state index is 0.0629. The number of amides is 2. The van der Waals surface area contributed by atoms with Crippen LogP contribution in [0.5, 0.6) is 0 Å². The zero-order valence-electron chi connectivity index (χ0n) is 16.4. The fourth-order valence-corrected chi connectivity index (χ4v) is 3.73. The third kappa shape index (κ3) is 6.25. The Morgan fingerprint density at radius 1 is 1.23 bits per heavy atom. The molecule has 1 saturated heterocycles. The first kappa shape index (κ1) is 20.6. The number of carbonyl (C=O) groups excluding carboxylic acids is 2. The van der Waals surface area contributed by atoms with E-state index in [1.165, 1.54) is 11.3 Å². The Morgan fingerprint density at radius 3 is 2.58 bits per heavy atom. The summed E-state index contributed by atoms with van der Waals surface area (Å²) in [5, 5.41) is 3.55. The molecule has 0 spiro atoms. The van der Waals surface area contributed by atoms with Gasteiger partial charge in [-0.05, 0) is 40.5 Å². The van der Waals surface area contributed by atoms with Crippen molar-refractivity contribution in [2.75, 3.05) is 38.0 Å². The van der Waals surface area contributed by atoms with Gasteiger partial charge in [0.15, 0.2) is 5.13 Å². The molecular weight excluding hydrogens is 352 g/mol. The predicted molar refractivity (Wildman–Crippen MR) is 104 cm³/mol. The summed E-state index contributed by atoms with van der Waals surface area (Å²) in [6.07, 6.45) is 1.41. The first-order valence-corrected chi connectivity index (χ1v) is 9.96. The van der Waals surface area contributed by atoms with Gasteiger partial charge in [0, 0.05) is 31.1 Å². The molecule has 146 valence electrons.